The zero-order valence-electron chi connectivity index (χ0n) is 6.00. The van der Waals surface area contributed by atoms with Crippen LogP contribution < -0.4 is 5.32 Å². The quantitative estimate of drug-likeness (QED) is 0.267. The molecule has 2 N–H and O–H groups in total. The van der Waals surface area contributed by atoms with E-state index in [1.165, 1.54) is 0 Å². The highest BCUT2D eigenvalue weighted by molar-refractivity contribution is 8.76. The fraction of sp³-hybridized carbons (Fsp3) is 1.00. The van der Waals surface area contributed by atoms with Gasteiger partial charge in [0.05, 0.1) is 6.61 Å². The number of nitrogens with one attached hydrogen (secondary N) is 1. The van der Waals surface area contributed by atoms with Crippen LogP contribution in [0.15, 0.2) is 0 Å². The monoisotopic (exact) mass is 183 g/mol. The molecule has 0 radical (unpaired) electrons. The number of hydrogen-bond donors (Lipinski definition) is 2. The Morgan fingerprint density at radius 3 is 2.70 bits per heavy atom. The van der Waals surface area contributed by atoms with E-state index in [2.05, 4.69) is 10.2 Å². The maximum absolute atomic E-state index is 7.93. The minimum Gasteiger partial charge on any atom is -0.319 e. The van der Waals surface area contributed by atoms with Gasteiger partial charge in [0.1, 0.15) is 0 Å². The van der Waals surface area contributed by atoms with Crippen LogP contribution in [-0.2, 0) is 4.89 Å². The first-order chi connectivity index (χ1) is 4.91. The average Bonchev–Trinajstić information content (AvgIpc) is 1.97. The van der Waals surface area contributed by atoms with Crippen LogP contribution in [0.1, 0.15) is 0 Å². The van der Waals surface area contributed by atoms with E-state index < -0.39 is 0 Å². The molecule has 0 saturated carbocycles. The van der Waals surface area contributed by atoms with E-state index in [1.807, 2.05) is 7.05 Å². The predicted octanol–water partition coefficient (Wildman–Crippen LogP) is 1.08. The SMILES string of the molecule is CNCCSSCCOO. The molecule has 0 aliphatic heterocycles. The molecule has 0 bridgehead atoms. The van der Waals surface area contributed by atoms with Gasteiger partial charge in [-0.2, -0.15) is 0 Å². The highest BCUT2D eigenvalue weighted by Crippen LogP contribution is 2.19. The summed E-state index contributed by atoms with van der Waals surface area (Å²) in [5, 5.41) is 11.0. The molecule has 3 nitrogen and oxygen atoms in total. The van der Waals surface area contributed by atoms with Gasteiger partial charge >= 0.3 is 0 Å². The molecule has 0 amide bonds. The molecule has 0 aromatic rings. The van der Waals surface area contributed by atoms with Gasteiger partial charge in [-0.25, -0.2) is 4.89 Å². The third-order valence-electron chi connectivity index (χ3n) is 0.777. The van der Waals surface area contributed by atoms with Crippen LogP contribution in [-0.4, -0.2) is 37.0 Å². The lowest BCUT2D eigenvalue weighted by Crippen LogP contribution is -2.09. The summed E-state index contributed by atoms with van der Waals surface area (Å²) >= 11 is 0. The summed E-state index contributed by atoms with van der Waals surface area (Å²) in [4.78, 5) is 3.90. The molecule has 0 heterocycles. The average molecular weight is 183 g/mol. The Balaban J connectivity index is 2.65. The molecule has 0 saturated heterocycles. The summed E-state index contributed by atoms with van der Waals surface area (Å²) in [6, 6.07) is 0. The molecule has 0 fully saturated rings. The lowest BCUT2D eigenvalue weighted by molar-refractivity contribution is -0.236. The van der Waals surface area contributed by atoms with Crippen molar-refractivity contribution >= 4 is 21.6 Å². The summed E-state index contributed by atoms with van der Waals surface area (Å²) in [6.45, 7) is 1.44. The van der Waals surface area contributed by atoms with Gasteiger partial charge in [-0.05, 0) is 7.05 Å². The van der Waals surface area contributed by atoms with Crippen molar-refractivity contribution in [2.24, 2.45) is 0 Å². The van der Waals surface area contributed by atoms with Gasteiger partial charge < -0.3 is 5.32 Å². The number of rotatable bonds is 7. The summed E-state index contributed by atoms with van der Waals surface area (Å²) < 4.78 is 0. The Bertz CT molecular complexity index is 57.6. The third kappa shape index (κ3) is 8.58. The molecule has 0 rings (SSSR count). The third-order valence-corrected chi connectivity index (χ3v) is 3.15. The summed E-state index contributed by atoms with van der Waals surface area (Å²) in [5.41, 5.74) is 0. The minimum atomic E-state index is 0.414. The molecule has 0 aromatic heterocycles. The van der Waals surface area contributed by atoms with Crippen molar-refractivity contribution in [1.82, 2.24) is 5.32 Å². The standard InChI is InChI=1S/C5H13NO2S2/c1-6-2-4-9-10-5-3-8-7/h6-7H,2-5H2,1H3. The van der Waals surface area contributed by atoms with Crippen LogP contribution in [0, 0.1) is 0 Å². The van der Waals surface area contributed by atoms with Crippen LogP contribution in [0.5, 0.6) is 0 Å². The van der Waals surface area contributed by atoms with E-state index in [0.717, 1.165) is 18.1 Å². The molecule has 0 spiro atoms. The molecule has 0 unspecified atom stereocenters. The highest BCUT2D eigenvalue weighted by atomic mass is 33.1. The van der Waals surface area contributed by atoms with Crippen LogP contribution in [0.3, 0.4) is 0 Å². The van der Waals surface area contributed by atoms with Gasteiger partial charge in [0.15, 0.2) is 0 Å². The predicted molar refractivity (Wildman–Crippen MR) is 47.4 cm³/mol. The molecule has 0 aliphatic carbocycles. The van der Waals surface area contributed by atoms with Gasteiger partial charge in [-0.15, -0.1) is 0 Å². The van der Waals surface area contributed by atoms with Crippen LogP contribution >= 0.6 is 21.6 Å². The first kappa shape index (κ1) is 10.6. The Kier molecular flexibility index (Phi) is 10.1. The normalized spacial score (nSPS) is 10.2. The maximum atomic E-state index is 7.93. The second kappa shape index (κ2) is 9.58. The Morgan fingerprint density at radius 1 is 1.40 bits per heavy atom. The lowest BCUT2D eigenvalue weighted by Gasteiger charge is -1.98. The largest absolute Gasteiger partial charge is 0.319 e. The molecule has 0 aliphatic rings. The van der Waals surface area contributed by atoms with Gasteiger partial charge in [0, 0.05) is 18.1 Å². The zero-order chi connectivity index (χ0) is 7.66. The zero-order valence-corrected chi connectivity index (χ0v) is 7.63. The Hall–Kier alpha value is 0.580. The van der Waals surface area contributed by atoms with Gasteiger partial charge in [-0.1, -0.05) is 21.6 Å². The van der Waals surface area contributed by atoms with E-state index in [-0.39, 0.29) is 0 Å². The molecular weight excluding hydrogens is 170 g/mol. The van der Waals surface area contributed by atoms with E-state index in [4.69, 9.17) is 5.26 Å². The summed E-state index contributed by atoms with van der Waals surface area (Å²) in [6.07, 6.45) is 0. The number of hydrogen-bond acceptors (Lipinski definition) is 5. The topological polar surface area (TPSA) is 41.5 Å². The second-order valence-corrected chi connectivity index (χ2v) is 4.28. The van der Waals surface area contributed by atoms with E-state index in [9.17, 15) is 0 Å². The van der Waals surface area contributed by atoms with Crippen molar-refractivity contribution in [2.45, 2.75) is 0 Å². The molecular formula is C5H13NO2S2. The molecule has 0 aromatic carbocycles. The van der Waals surface area contributed by atoms with E-state index in [0.29, 0.717) is 6.61 Å². The fourth-order valence-corrected chi connectivity index (χ4v) is 2.16. The van der Waals surface area contributed by atoms with Gasteiger partial charge in [0.2, 0.25) is 0 Å². The van der Waals surface area contributed by atoms with Crippen molar-refractivity contribution in [3.05, 3.63) is 0 Å². The molecule has 5 heteroatoms. The van der Waals surface area contributed by atoms with Crippen molar-refractivity contribution in [2.75, 3.05) is 31.7 Å². The first-order valence-electron chi connectivity index (χ1n) is 3.07. The smallest absolute Gasteiger partial charge is 0.0918 e. The van der Waals surface area contributed by atoms with Crippen molar-refractivity contribution < 1.29 is 10.1 Å². The van der Waals surface area contributed by atoms with Crippen molar-refractivity contribution in [3.63, 3.8) is 0 Å². The van der Waals surface area contributed by atoms with Gasteiger partial charge in [0.25, 0.3) is 0 Å². The fourth-order valence-electron chi connectivity index (χ4n) is 0.333. The van der Waals surface area contributed by atoms with Gasteiger partial charge in [-0.3, -0.25) is 5.26 Å². The van der Waals surface area contributed by atoms with Crippen molar-refractivity contribution in [1.29, 1.82) is 0 Å². The molecule has 10 heavy (non-hydrogen) atoms. The van der Waals surface area contributed by atoms with Crippen molar-refractivity contribution in [3.8, 4) is 0 Å². The van der Waals surface area contributed by atoms with E-state index in [1.54, 1.807) is 21.6 Å². The highest BCUT2D eigenvalue weighted by Gasteiger charge is 1.88. The summed E-state index contributed by atoms with van der Waals surface area (Å²) in [7, 11) is 5.42. The Labute approximate surface area is 69.2 Å². The van der Waals surface area contributed by atoms with Crippen LogP contribution in [0.25, 0.3) is 0 Å². The molecule has 62 valence electrons. The lowest BCUT2D eigenvalue weighted by atomic mass is 10.8. The summed E-state index contributed by atoms with van der Waals surface area (Å²) in [5.74, 6) is 1.93. The molecule has 0 atom stereocenters. The minimum absolute atomic E-state index is 0.414. The first-order valence-corrected chi connectivity index (χ1v) is 5.56. The van der Waals surface area contributed by atoms with Crippen LogP contribution in [0.2, 0.25) is 0 Å². The van der Waals surface area contributed by atoms with E-state index >= 15 is 0 Å². The van der Waals surface area contributed by atoms with Crippen LogP contribution in [0.4, 0.5) is 0 Å². The maximum Gasteiger partial charge on any atom is 0.0918 e. The Morgan fingerprint density at radius 2 is 2.10 bits per heavy atom. The second-order valence-electron chi connectivity index (χ2n) is 1.58.